The van der Waals surface area contributed by atoms with Crippen molar-refractivity contribution in [2.24, 2.45) is 0 Å². The van der Waals surface area contributed by atoms with Crippen LogP contribution in [0.4, 0.5) is 13.2 Å². The first kappa shape index (κ1) is 11.0. The zero-order chi connectivity index (χ0) is 11.0. The monoisotopic (exact) mass is 225 g/mol. The lowest BCUT2D eigenvalue weighted by Gasteiger charge is -2.06. The number of aromatic nitrogens is 1. The zero-order valence-corrected chi connectivity index (χ0v) is 7.85. The van der Waals surface area contributed by atoms with E-state index in [-0.39, 0.29) is 0 Å². The molecule has 1 aromatic rings. The van der Waals surface area contributed by atoms with Crippen molar-refractivity contribution >= 4 is 9.84 Å². The number of nitrogens with zero attached hydrogens (tertiary/aromatic N) is 1. The highest BCUT2D eigenvalue weighted by Gasteiger charge is 2.47. The van der Waals surface area contributed by atoms with Crippen LogP contribution in [0.2, 0.25) is 0 Å². The number of hydrogen-bond donors (Lipinski definition) is 0. The molecule has 1 heterocycles. The minimum Gasteiger partial charge on any atom is -0.244 e. The lowest BCUT2D eigenvalue weighted by atomic mass is 10.3. The van der Waals surface area contributed by atoms with E-state index < -0.39 is 20.4 Å². The van der Waals surface area contributed by atoms with Gasteiger partial charge in [-0.25, -0.2) is 13.4 Å². The largest absolute Gasteiger partial charge is 0.503 e. The molecule has 0 aliphatic heterocycles. The van der Waals surface area contributed by atoms with Crippen LogP contribution in [0, 0.1) is 6.92 Å². The minimum atomic E-state index is -5.30. The smallest absolute Gasteiger partial charge is 0.244 e. The van der Waals surface area contributed by atoms with Gasteiger partial charge in [-0.3, -0.25) is 0 Å². The maximum Gasteiger partial charge on any atom is 0.503 e. The van der Waals surface area contributed by atoms with E-state index in [0.29, 0.717) is 5.56 Å². The molecule has 0 unspecified atom stereocenters. The fraction of sp³-hybridized carbons (Fsp3) is 0.286. The van der Waals surface area contributed by atoms with Gasteiger partial charge in [-0.15, -0.1) is 0 Å². The lowest BCUT2D eigenvalue weighted by molar-refractivity contribution is -0.0438. The number of alkyl halides is 3. The van der Waals surface area contributed by atoms with Crippen molar-refractivity contribution in [3.63, 3.8) is 0 Å². The van der Waals surface area contributed by atoms with E-state index >= 15 is 0 Å². The molecule has 14 heavy (non-hydrogen) atoms. The quantitative estimate of drug-likeness (QED) is 0.730. The van der Waals surface area contributed by atoms with E-state index in [1.165, 1.54) is 6.07 Å². The van der Waals surface area contributed by atoms with Crippen molar-refractivity contribution < 1.29 is 21.6 Å². The molecule has 0 amide bonds. The summed E-state index contributed by atoms with van der Waals surface area (Å²) in [4.78, 5) is 3.21. The number of sulfone groups is 1. The first-order chi connectivity index (χ1) is 6.25. The Morgan fingerprint density at radius 1 is 1.29 bits per heavy atom. The summed E-state index contributed by atoms with van der Waals surface area (Å²) in [5, 5.41) is -0.976. The van der Waals surface area contributed by atoms with Gasteiger partial charge in [-0.1, -0.05) is 6.07 Å². The van der Waals surface area contributed by atoms with E-state index in [1.807, 2.05) is 0 Å². The Bertz CT molecular complexity index is 421. The number of pyridine rings is 1. The third-order valence-electron chi connectivity index (χ3n) is 1.46. The maximum atomic E-state index is 12.0. The summed E-state index contributed by atoms with van der Waals surface area (Å²) < 4.78 is 57.5. The van der Waals surface area contributed by atoms with Crippen molar-refractivity contribution in [2.75, 3.05) is 0 Å². The highest BCUT2D eigenvalue weighted by atomic mass is 32.2. The average Bonchev–Trinajstić information content (AvgIpc) is 2.03. The van der Waals surface area contributed by atoms with Gasteiger partial charge in [0.15, 0.2) is 5.03 Å². The summed E-state index contributed by atoms with van der Waals surface area (Å²) >= 11 is 0. The Labute approximate surface area is 78.5 Å². The second kappa shape index (κ2) is 3.23. The zero-order valence-electron chi connectivity index (χ0n) is 7.04. The molecule has 0 aliphatic carbocycles. The summed E-state index contributed by atoms with van der Waals surface area (Å²) in [6.07, 6.45) is 1.07. The minimum absolute atomic E-state index is 0.589. The standard InChI is InChI=1S/C7H6F3NO2S/c1-5-2-3-6(11-4-5)14(12,13)7(8,9)10/h2-4H,1H3. The molecular formula is C7H6F3NO2S. The molecular weight excluding hydrogens is 219 g/mol. The summed E-state index contributed by atoms with van der Waals surface area (Å²) in [6, 6.07) is 2.09. The summed E-state index contributed by atoms with van der Waals surface area (Å²) in [7, 11) is -5.30. The predicted octanol–water partition coefficient (Wildman–Crippen LogP) is 1.68. The molecule has 0 N–H and O–H groups in total. The lowest BCUT2D eigenvalue weighted by Crippen LogP contribution is -2.24. The van der Waals surface area contributed by atoms with Gasteiger partial charge in [0.05, 0.1) is 0 Å². The molecule has 1 rings (SSSR count). The van der Waals surface area contributed by atoms with Crippen LogP contribution in [0.25, 0.3) is 0 Å². The van der Waals surface area contributed by atoms with Gasteiger partial charge in [-0.05, 0) is 18.6 Å². The van der Waals surface area contributed by atoms with Crippen LogP contribution in [-0.2, 0) is 9.84 Å². The van der Waals surface area contributed by atoms with E-state index in [1.54, 1.807) is 6.92 Å². The summed E-state index contributed by atoms with van der Waals surface area (Å²) in [6.45, 7) is 1.59. The average molecular weight is 225 g/mol. The van der Waals surface area contributed by atoms with Crippen LogP contribution in [0.1, 0.15) is 5.56 Å². The predicted molar refractivity (Wildman–Crippen MR) is 42.2 cm³/mol. The van der Waals surface area contributed by atoms with Gasteiger partial charge in [0.25, 0.3) is 9.84 Å². The van der Waals surface area contributed by atoms with Crippen molar-refractivity contribution in [2.45, 2.75) is 17.5 Å². The summed E-state index contributed by atoms with van der Waals surface area (Å²) in [5.74, 6) is 0. The number of halogens is 3. The van der Waals surface area contributed by atoms with E-state index in [4.69, 9.17) is 0 Å². The van der Waals surface area contributed by atoms with Crippen LogP contribution in [0.5, 0.6) is 0 Å². The molecule has 78 valence electrons. The Balaban J connectivity index is 3.25. The van der Waals surface area contributed by atoms with Crippen LogP contribution in [-0.4, -0.2) is 18.9 Å². The topological polar surface area (TPSA) is 47.0 Å². The first-order valence-electron chi connectivity index (χ1n) is 3.49. The Morgan fingerprint density at radius 3 is 2.21 bits per heavy atom. The van der Waals surface area contributed by atoms with Crippen molar-refractivity contribution in [3.8, 4) is 0 Å². The van der Waals surface area contributed by atoms with Gasteiger partial charge in [-0.2, -0.15) is 13.2 Å². The third-order valence-corrected chi connectivity index (χ3v) is 2.87. The number of hydrogen-bond acceptors (Lipinski definition) is 3. The van der Waals surface area contributed by atoms with Gasteiger partial charge in [0.1, 0.15) is 0 Å². The molecule has 0 spiro atoms. The normalized spacial score (nSPS) is 12.9. The van der Waals surface area contributed by atoms with Crippen LogP contribution < -0.4 is 0 Å². The molecule has 0 aliphatic rings. The summed E-state index contributed by atoms with van der Waals surface area (Å²) in [5.41, 5.74) is -4.71. The third kappa shape index (κ3) is 1.87. The molecule has 3 nitrogen and oxygen atoms in total. The molecule has 0 fully saturated rings. The Kier molecular flexibility index (Phi) is 2.53. The van der Waals surface area contributed by atoms with Gasteiger partial charge >= 0.3 is 5.51 Å². The fourth-order valence-electron chi connectivity index (χ4n) is 0.732. The number of aryl methyl sites for hydroxylation is 1. The highest BCUT2D eigenvalue weighted by molar-refractivity contribution is 7.92. The molecule has 7 heteroatoms. The second-order valence-electron chi connectivity index (χ2n) is 2.62. The van der Waals surface area contributed by atoms with Gasteiger partial charge in [0.2, 0.25) is 0 Å². The Morgan fingerprint density at radius 2 is 1.86 bits per heavy atom. The van der Waals surface area contributed by atoms with E-state index in [2.05, 4.69) is 4.98 Å². The number of rotatable bonds is 1. The molecule has 0 atom stereocenters. The molecule has 1 aromatic heterocycles. The molecule has 0 aromatic carbocycles. The second-order valence-corrected chi connectivity index (χ2v) is 4.51. The maximum absolute atomic E-state index is 12.0. The van der Waals surface area contributed by atoms with Crippen molar-refractivity contribution in [3.05, 3.63) is 23.9 Å². The SMILES string of the molecule is Cc1ccc(S(=O)(=O)C(F)(F)F)nc1. The Hall–Kier alpha value is -1.11. The molecule has 0 saturated carbocycles. The fourth-order valence-corrected chi connectivity index (χ4v) is 1.41. The molecule has 0 saturated heterocycles. The van der Waals surface area contributed by atoms with Gasteiger partial charge < -0.3 is 0 Å². The first-order valence-corrected chi connectivity index (χ1v) is 4.97. The highest BCUT2D eigenvalue weighted by Crippen LogP contribution is 2.28. The van der Waals surface area contributed by atoms with Crippen molar-refractivity contribution in [1.82, 2.24) is 4.98 Å². The molecule has 0 radical (unpaired) electrons. The van der Waals surface area contributed by atoms with E-state index in [9.17, 15) is 21.6 Å². The van der Waals surface area contributed by atoms with Crippen LogP contribution >= 0.6 is 0 Å². The van der Waals surface area contributed by atoms with Crippen LogP contribution in [0.3, 0.4) is 0 Å². The van der Waals surface area contributed by atoms with Gasteiger partial charge in [0, 0.05) is 6.20 Å². The van der Waals surface area contributed by atoms with E-state index in [0.717, 1.165) is 12.3 Å². The van der Waals surface area contributed by atoms with Crippen LogP contribution in [0.15, 0.2) is 23.4 Å². The molecule has 0 bridgehead atoms. The van der Waals surface area contributed by atoms with Crippen molar-refractivity contribution in [1.29, 1.82) is 0 Å².